The molecule has 1 aromatic heterocycles. The molecule has 0 fully saturated rings. The maximum Gasteiger partial charge on any atom is 0.402 e. The fraction of sp³-hybridized carbons (Fsp3) is 0.211. The van der Waals surface area contributed by atoms with Crippen molar-refractivity contribution in [3.05, 3.63) is 59.4 Å². The van der Waals surface area contributed by atoms with Gasteiger partial charge in [0.25, 0.3) is 0 Å². The highest BCUT2D eigenvalue weighted by atomic mass is 35.5. The second-order valence-electron chi connectivity index (χ2n) is 6.53. The number of amides is 1. The minimum atomic E-state index is -4.67. The van der Waals surface area contributed by atoms with Crippen LogP contribution >= 0.6 is 11.6 Å². The predicted molar refractivity (Wildman–Crippen MR) is 109 cm³/mol. The van der Waals surface area contributed by atoms with Crippen LogP contribution in [0.25, 0.3) is 11.4 Å². The van der Waals surface area contributed by atoms with E-state index in [1.165, 1.54) is 16.9 Å². The van der Waals surface area contributed by atoms with Crippen molar-refractivity contribution in [2.24, 2.45) is 0 Å². The van der Waals surface area contributed by atoms with E-state index in [0.717, 1.165) is 12.1 Å². The van der Waals surface area contributed by atoms with Crippen LogP contribution in [-0.4, -0.2) is 37.2 Å². The molecule has 2 aromatic carbocycles. The molecule has 0 unspecified atom stereocenters. The van der Waals surface area contributed by atoms with E-state index in [1.807, 2.05) is 0 Å². The Balaban J connectivity index is 1.53. The van der Waals surface area contributed by atoms with Crippen molar-refractivity contribution in [1.82, 2.24) is 14.9 Å². The maximum absolute atomic E-state index is 12.2. The average Bonchev–Trinajstić information content (AvgIpc) is 3.20. The third-order valence-corrected chi connectivity index (χ3v) is 5.72. The Bertz CT molecular complexity index is 1180. The third kappa shape index (κ3) is 6.77. The molecular formula is C19H16ClF3N4O4S. The summed E-state index contributed by atoms with van der Waals surface area (Å²) in [6.45, 7) is -1.68. The number of aromatic nitrogens is 2. The summed E-state index contributed by atoms with van der Waals surface area (Å²) in [6, 6.07) is 11.5. The van der Waals surface area contributed by atoms with Crippen molar-refractivity contribution < 1.29 is 30.9 Å². The van der Waals surface area contributed by atoms with Crippen LogP contribution in [0.4, 0.5) is 18.9 Å². The Kier molecular flexibility index (Phi) is 7.16. The van der Waals surface area contributed by atoms with Gasteiger partial charge in [-0.2, -0.15) is 18.2 Å². The van der Waals surface area contributed by atoms with Gasteiger partial charge in [-0.3, -0.25) is 4.79 Å². The molecule has 1 heterocycles. The van der Waals surface area contributed by atoms with Crippen molar-refractivity contribution >= 4 is 33.2 Å². The minimum absolute atomic E-state index is 0.00936. The number of nitrogens with zero attached hydrogens (tertiary/aromatic N) is 2. The van der Waals surface area contributed by atoms with Crippen molar-refractivity contribution in [2.75, 3.05) is 11.9 Å². The molecule has 2 N–H and O–H groups in total. The molecule has 3 aromatic rings. The van der Waals surface area contributed by atoms with Crippen LogP contribution in [0.3, 0.4) is 0 Å². The van der Waals surface area contributed by atoms with Crippen LogP contribution in [0.1, 0.15) is 12.3 Å². The minimum Gasteiger partial charge on any atom is -0.339 e. The van der Waals surface area contributed by atoms with E-state index in [1.54, 1.807) is 24.3 Å². The molecule has 8 nitrogen and oxygen atoms in total. The zero-order valence-electron chi connectivity index (χ0n) is 16.2. The van der Waals surface area contributed by atoms with Crippen LogP contribution in [0, 0.1) is 0 Å². The lowest BCUT2D eigenvalue weighted by Gasteiger charge is -2.10. The van der Waals surface area contributed by atoms with Gasteiger partial charge in [0.2, 0.25) is 27.6 Å². The molecule has 0 atom stereocenters. The molecule has 3 rings (SSSR count). The lowest BCUT2D eigenvalue weighted by atomic mass is 10.2. The summed E-state index contributed by atoms with van der Waals surface area (Å²) in [6.07, 6.45) is -4.50. The highest BCUT2D eigenvalue weighted by Crippen LogP contribution is 2.20. The van der Waals surface area contributed by atoms with E-state index in [2.05, 4.69) is 15.5 Å². The number of hydrogen-bond donors (Lipinski definition) is 2. The molecule has 13 heteroatoms. The molecule has 0 saturated carbocycles. The van der Waals surface area contributed by atoms with E-state index >= 15 is 0 Å². The van der Waals surface area contributed by atoms with Gasteiger partial charge in [-0.1, -0.05) is 16.8 Å². The quantitative estimate of drug-likeness (QED) is 0.498. The van der Waals surface area contributed by atoms with Crippen molar-refractivity contribution in [1.29, 1.82) is 0 Å². The molecular weight excluding hydrogens is 473 g/mol. The molecule has 0 radical (unpaired) electrons. The topological polar surface area (TPSA) is 114 Å². The number of nitrogens with one attached hydrogen (secondary N) is 2. The van der Waals surface area contributed by atoms with Crippen LogP contribution in [0.5, 0.6) is 0 Å². The molecule has 0 aliphatic rings. The Labute approximate surface area is 185 Å². The van der Waals surface area contributed by atoms with E-state index in [4.69, 9.17) is 16.1 Å². The van der Waals surface area contributed by atoms with Gasteiger partial charge in [0.15, 0.2) is 0 Å². The van der Waals surface area contributed by atoms with Crippen LogP contribution in [0.2, 0.25) is 5.02 Å². The Morgan fingerprint density at radius 3 is 2.34 bits per heavy atom. The first-order valence-electron chi connectivity index (χ1n) is 9.07. The highest BCUT2D eigenvalue weighted by molar-refractivity contribution is 7.89. The van der Waals surface area contributed by atoms with Crippen molar-refractivity contribution in [3.63, 3.8) is 0 Å². The number of rotatable bonds is 8. The SMILES string of the molecule is O=C(CCc1nc(-c2ccc(Cl)cc2)no1)Nc1ccc(S(=O)(=O)NCC(F)(F)F)cc1. The van der Waals surface area contributed by atoms with Crippen LogP contribution in [-0.2, 0) is 21.2 Å². The molecule has 170 valence electrons. The van der Waals surface area contributed by atoms with E-state index in [-0.39, 0.29) is 29.3 Å². The summed E-state index contributed by atoms with van der Waals surface area (Å²) < 4.78 is 66.9. The molecule has 0 aliphatic carbocycles. The average molecular weight is 489 g/mol. The van der Waals surface area contributed by atoms with E-state index in [9.17, 15) is 26.4 Å². The first-order chi connectivity index (χ1) is 15.0. The fourth-order valence-corrected chi connectivity index (χ4v) is 3.63. The zero-order chi connectivity index (χ0) is 23.4. The summed E-state index contributed by atoms with van der Waals surface area (Å²) in [5, 5.41) is 6.97. The van der Waals surface area contributed by atoms with Gasteiger partial charge >= 0.3 is 6.18 Å². The monoisotopic (exact) mass is 488 g/mol. The molecule has 0 aliphatic heterocycles. The number of anilines is 1. The maximum atomic E-state index is 12.2. The Hall–Kier alpha value is -2.96. The molecule has 0 spiro atoms. The number of sulfonamides is 1. The third-order valence-electron chi connectivity index (χ3n) is 4.05. The van der Waals surface area contributed by atoms with Gasteiger partial charge in [0, 0.05) is 29.1 Å². The summed E-state index contributed by atoms with van der Waals surface area (Å²) in [5.41, 5.74) is 0.978. The molecule has 0 saturated heterocycles. The van der Waals surface area contributed by atoms with Gasteiger partial charge in [-0.05, 0) is 48.5 Å². The van der Waals surface area contributed by atoms with E-state index in [0.29, 0.717) is 16.4 Å². The number of alkyl halides is 3. The Morgan fingerprint density at radius 1 is 1.06 bits per heavy atom. The van der Waals surface area contributed by atoms with Crippen molar-refractivity contribution in [2.45, 2.75) is 23.9 Å². The van der Waals surface area contributed by atoms with Crippen LogP contribution in [0.15, 0.2) is 57.9 Å². The normalized spacial score (nSPS) is 12.0. The molecule has 1 amide bonds. The Morgan fingerprint density at radius 2 is 1.72 bits per heavy atom. The number of halogens is 4. The van der Waals surface area contributed by atoms with Gasteiger partial charge in [-0.15, -0.1) is 0 Å². The lowest BCUT2D eigenvalue weighted by molar-refractivity contribution is -0.121. The number of aryl methyl sites for hydroxylation is 1. The van der Waals surface area contributed by atoms with Gasteiger partial charge in [0.05, 0.1) is 4.90 Å². The summed E-state index contributed by atoms with van der Waals surface area (Å²) in [4.78, 5) is 16.0. The fourth-order valence-electron chi connectivity index (χ4n) is 2.49. The first-order valence-corrected chi connectivity index (χ1v) is 10.9. The standard InChI is InChI=1S/C19H16ClF3N4O4S/c20-13-3-1-12(2-4-13)18-26-17(31-27-18)10-9-16(28)25-14-5-7-15(8-6-14)32(29,30)24-11-19(21,22)23/h1-8,24H,9-11H2,(H,25,28). The summed E-state index contributed by atoms with van der Waals surface area (Å²) in [5.74, 6) is 0.206. The van der Waals surface area contributed by atoms with Gasteiger partial charge < -0.3 is 9.84 Å². The smallest absolute Gasteiger partial charge is 0.339 e. The summed E-state index contributed by atoms with van der Waals surface area (Å²) >= 11 is 5.83. The van der Waals surface area contributed by atoms with Gasteiger partial charge in [0.1, 0.15) is 6.54 Å². The van der Waals surface area contributed by atoms with Crippen molar-refractivity contribution in [3.8, 4) is 11.4 Å². The lowest BCUT2D eigenvalue weighted by Crippen LogP contribution is -2.33. The first kappa shape index (κ1) is 23.7. The number of carbonyl (C=O) groups is 1. The highest BCUT2D eigenvalue weighted by Gasteiger charge is 2.30. The molecule has 32 heavy (non-hydrogen) atoms. The largest absolute Gasteiger partial charge is 0.402 e. The van der Waals surface area contributed by atoms with Gasteiger partial charge in [-0.25, -0.2) is 13.1 Å². The second-order valence-corrected chi connectivity index (χ2v) is 8.73. The number of hydrogen-bond acceptors (Lipinski definition) is 6. The van der Waals surface area contributed by atoms with Crippen LogP contribution < -0.4 is 10.0 Å². The van der Waals surface area contributed by atoms with E-state index < -0.39 is 28.7 Å². The molecule has 0 bridgehead atoms. The second kappa shape index (κ2) is 9.67. The zero-order valence-corrected chi connectivity index (χ0v) is 17.8. The number of carbonyl (C=O) groups excluding carboxylic acids is 1. The summed E-state index contributed by atoms with van der Waals surface area (Å²) in [7, 11) is -4.33. The predicted octanol–water partition coefficient (Wildman–Crippen LogP) is 3.80. The number of benzene rings is 2.